The molecule has 0 aliphatic rings. The minimum absolute atomic E-state index is 0.108. The highest BCUT2D eigenvalue weighted by Crippen LogP contribution is 2.19. The summed E-state index contributed by atoms with van der Waals surface area (Å²) in [6, 6.07) is 0. The van der Waals surface area contributed by atoms with Crippen molar-refractivity contribution in [2.24, 2.45) is 11.8 Å². The van der Waals surface area contributed by atoms with Crippen LogP contribution < -0.4 is 0 Å². The SMILES string of the molecule is CCCCCCCC/C=C\CCCCCCCC(=O)OCC(COC(=O)CCCCCCC(=O)OCC(CCCC)CCCCCC)CN(CCCN(C)C)C(=O)CCCCCCC. The van der Waals surface area contributed by atoms with E-state index in [1.54, 1.807) is 0 Å². The van der Waals surface area contributed by atoms with E-state index in [-0.39, 0.29) is 42.9 Å². The predicted molar refractivity (Wildman–Crippen MR) is 268 cm³/mol. The molecule has 0 aliphatic carbocycles. The van der Waals surface area contributed by atoms with E-state index in [9.17, 15) is 19.2 Å². The first kappa shape index (κ1) is 61.6. The summed E-state index contributed by atoms with van der Waals surface area (Å²) >= 11 is 0. The summed E-state index contributed by atoms with van der Waals surface area (Å²) in [4.78, 5) is 55.9. The molecule has 0 radical (unpaired) electrons. The van der Waals surface area contributed by atoms with E-state index in [0.29, 0.717) is 57.7 Å². The number of unbranched alkanes of at least 4 members (excludes halogenated alkanes) is 22. The van der Waals surface area contributed by atoms with Crippen LogP contribution in [-0.4, -0.2) is 87.2 Å². The average Bonchev–Trinajstić information content (AvgIpc) is 3.28. The molecular weight excluding hydrogens is 801 g/mol. The molecule has 1 amide bonds. The number of carbonyl (C=O) groups is 4. The number of carbonyl (C=O) groups excluding carboxylic acids is 4. The van der Waals surface area contributed by atoms with E-state index in [0.717, 1.165) is 103 Å². The van der Waals surface area contributed by atoms with Crippen molar-refractivity contribution in [2.75, 3.05) is 53.6 Å². The molecule has 2 unspecified atom stereocenters. The van der Waals surface area contributed by atoms with Crippen molar-refractivity contribution in [1.82, 2.24) is 9.80 Å². The molecule has 0 aliphatic heterocycles. The number of allylic oxidation sites excluding steroid dienone is 2. The standard InChI is InChI=1S/C55H104N2O7/c1-7-11-15-18-19-20-21-22-23-24-25-26-27-29-34-41-54(60)63-48-51(46-57(45-37-44-56(5)6)52(58)40-33-28-16-12-8-2)49-64-55(61)43-36-31-30-35-42-53(59)62-47-50(38-14-10-4)39-32-17-13-9-3/h22-23,50-51H,7-21,24-49H2,1-6H3/b23-22-. The molecule has 0 bridgehead atoms. The van der Waals surface area contributed by atoms with Crippen molar-refractivity contribution in [3.63, 3.8) is 0 Å². The van der Waals surface area contributed by atoms with Crippen LogP contribution in [0.3, 0.4) is 0 Å². The van der Waals surface area contributed by atoms with Crippen molar-refractivity contribution in [3.05, 3.63) is 12.2 Å². The Kier molecular flexibility index (Phi) is 45.3. The lowest BCUT2D eigenvalue weighted by Gasteiger charge is -2.28. The zero-order valence-electron chi connectivity index (χ0n) is 43.1. The van der Waals surface area contributed by atoms with Crippen LogP contribution in [0.15, 0.2) is 12.2 Å². The second kappa shape index (κ2) is 47.1. The summed E-state index contributed by atoms with van der Waals surface area (Å²) in [5.41, 5.74) is 0. The monoisotopic (exact) mass is 905 g/mol. The minimum atomic E-state index is -0.297. The Labute approximate surface area is 395 Å². The van der Waals surface area contributed by atoms with Gasteiger partial charge in [0.25, 0.3) is 0 Å². The Bertz CT molecular complexity index is 1110. The molecule has 0 heterocycles. The number of rotatable bonds is 48. The Hall–Kier alpha value is -2.42. The van der Waals surface area contributed by atoms with Crippen molar-refractivity contribution in [3.8, 4) is 0 Å². The highest BCUT2D eigenvalue weighted by Gasteiger charge is 2.22. The maximum atomic E-state index is 13.5. The maximum absolute atomic E-state index is 13.5. The molecule has 0 fully saturated rings. The van der Waals surface area contributed by atoms with Crippen LogP contribution in [0.5, 0.6) is 0 Å². The third-order valence-electron chi connectivity index (χ3n) is 12.4. The summed E-state index contributed by atoms with van der Waals surface area (Å²) in [6.07, 6.45) is 40.9. The van der Waals surface area contributed by atoms with Gasteiger partial charge in [-0.1, -0.05) is 168 Å². The third kappa shape index (κ3) is 42.2. The van der Waals surface area contributed by atoms with Crippen LogP contribution in [0.4, 0.5) is 0 Å². The fourth-order valence-electron chi connectivity index (χ4n) is 8.14. The summed E-state index contributed by atoms with van der Waals surface area (Å²) in [7, 11) is 4.07. The zero-order chi connectivity index (χ0) is 47.1. The van der Waals surface area contributed by atoms with Crippen LogP contribution in [0.1, 0.15) is 252 Å². The van der Waals surface area contributed by atoms with E-state index in [1.807, 2.05) is 19.0 Å². The molecule has 9 nitrogen and oxygen atoms in total. The highest BCUT2D eigenvalue weighted by atomic mass is 16.5. The molecule has 376 valence electrons. The molecule has 0 aromatic carbocycles. The Morgan fingerprint density at radius 1 is 0.406 bits per heavy atom. The van der Waals surface area contributed by atoms with Gasteiger partial charge in [-0.25, -0.2) is 0 Å². The molecular formula is C55H104N2O7. The first-order valence-corrected chi connectivity index (χ1v) is 27.2. The van der Waals surface area contributed by atoms with Gasteiger partial charge in [0.15, 0.2) is 0 Å². The Morgan fingerprint density at radius 3 is 1.23 bits per heavy atom. The lowest BCUT2D eigenvalue weighted by Crippen LogP contribution is -2.40. The van der Waals surface area contributed by atoms with Gasteiger partial charge in [0, 0.05) is 44.7 Å². The lowest BCUT2D eigenvalue weighted by molar-refractivity contribution is -0.150. The second-order valence-electron chi connectivity index (χ2n) is 19.2. The van der Waals surface area contributed by atoms with Crippen molar-refractivity contribution in [2.45, 2.75) is 252 Å². The molecule has 64 heavy (non-hydrogen) atoms. The molecule has 2 atom stereocenters. The molecule has 0 saturated carbocycles. The largest absolute Gasteiger partial charge is 0.465 e. The summed E-state index contributed by atoms with van der Waals surface area (Å²) in [5, 5.41) is 0. The minimum Gasteiger partial charge on any atom is -0.465 e. The molecule has 0 spiro atoms. The van der Waals surface area contributed by atoms with E-state index in [2.05, 4.69) is 44.7 Å². The third-order valence-corrected chi connectivity index (χ3v) is 12.4. The average molecular weight is 905 g/mol. The summed E-state index contributed by atoms with van der Waals surface area (Å²) in [6.45, 7) is 11.5. The molecule has 9 heteroatoms. The van der Waals surface area contributed by atoms with Crippen molar-refractivity contribution < 1.29 is 33.4 Å². The molecule has 0 saturated heterocycles. The van der Waals surface area contributed by atoms with Crippen LogP contribution in [0.2, 0.25) is 0 Å². The van der Waals surface area contributed by atoms with Gasteiger partial charge in [0.1, 0.15) is 0 Å². The molecule has 0 aromatic heterocycles. The van der Waals surface area contributed by atoms with Crippen molar-refractivity contribution in [1.29, 1.82) is 0 Å². The Balaban J connectivity index is 4.92. The zero-order valence-corrected chi connectivity index (χ0v) is 43.1. The first-order chi connectivity index (χ1) is 31.2. The van der Waals surface area contributed by atoms with Crippen molar-refractivity contribution >= 4 is 23.8 Å². The quantitative estimate of drug-likeness (QED) is 0.0257. The van der Waals surface area contributed by atoms with E-state index in [1.165, 1.54) is 96.3 Å². The van der Waals surface area contributed by atoms with Gasteiger partial charge < -0.3 is 24.0 Å². The van der Waals surface area contributed by atoms with E-state index < -0.39 is 0 Å². The number of amides is 1. The number of ether oxygens (including phenoxy) is 3. The van der Waals surface area contributed by atoms with Gasteiger partial charge in [-0.05, 0) is 97.2 Å². The smallest absolute Gasteiger partial charge is 0.305 e. The van der Waals surface area contributed by atoms with Gasteiger partial charge in [-0.15, -0.1) is 0 Å². The fraction of sp³-hybridized carbons (Fsp3) is 0.891. The maximum Gasteiger partial charge on any atom is 0.305 e. The highest BCUT2D eigenvalue weighted by molar-refractivity contribution is 5.76. The van der Waals surface area contributed by atoms with Gasteiger partial charge in [-0.2, -0.15) is 0 Å². The predicted octanol–water partition coefficient (Wildman–Crippen LogP) is 14.5. The van der Waals surface area contributed by atoms with Gasteiger partial charge in [0.05, 0.1) is 19.8 Å². The summed E-state index contributed by atoms with van der Waals surface area (Å²) < 4.78 is 17.3. The molecule has 0 aromatic rings. The fourth-order valence-corrected chi connectivity index (χ4v) is 8.14. The number of hydrogen-bond donors (Lipinski definition) is 0. The number of nitrogens with zero attached hydrogens (tertiary/aromatic N) is 2. The van der Waals surface area contributed by atoms with Crippen LogP contribution in [0, 0.1) is 11.8 Å². The van der Waals surface area contributed by atoms with Gasteiger partial charge >= 0.3 is 17.9 Å². The Morgan fingerprint density at radius 2 is 0.781 bits per heavy atom. The normalized spacial score (nSPS) is 12.5. The summed E-state index contributed by atoms with van der Waals surface area (Å²) in [5.74, 6) is -0.324. The second-order valence-corrected chi connectivity index (χ2v) is 19.2. The number of hydrogen-bond acceptors (Lipinski definition) is 8. The first-order valence-electron chi connectivity index (χ1n) is 27.2. The molecule has 0 rings (SSSR count). The van der Waals surface area contributed by atoms with Gasteiger partial charge in [0.2, 0.25) is 5.91 Å². The number of esters is 3. The van der Waals surface area contributed by atoms with Crippen LogP contribution >= 0.6 is 0 Å². The lowest BCUT2D eigenvalue weighted by atomic mass is 9.96. The van der Waals surface area contributed by atoms with Crippen LogP contribution in [0.25, 0.3) is 0 Å². The topological polar surface area (TPSA) is 102 Å². The van der Waals surface area contributed by atoms with Crippen LogP contribution in [-0.2, 0) is 33.4 Å². The van der Waals surface area contributed by atoms with Gasteiger partial charge in [-0.3, -0.25) is 19.2 Å². The molecule has 0 N–H and O–H groups in total. The van der Waals surface area contributed by atoms with E-state index in [4.69, 9.17) is 14.2 Å². The van der Waals surface area contributed by atoms with E-state index >= 15 is 0 Å².